The highest BCUT2D eigenvalue weighted by Gasteiger charge is 2.26. The van der Waals surface area contributed by atoms with Crippen molar-refractivity contribution in [2.24, 2.45) is 5.92 Å². The third-order valence-corrected chi connectivity index (χ3v) is 4.81. The van der Waals surface area contributed by atoms with E-state index in [-0.39, 0.29) is 5.91 Å². The number of carbonyl (C=O) groups excluding carboxylic acids is 1. The average Bonchev–Trinajstić information content (AvgIpc) is 3.09. The number of nitrogens with zero attached hydrogens (tertiary/aromatic N) is 5. The Morgan fingerprint density at radius 2 is 2.31 bits per heavy atom. The molecule has 7 heteroatoms. The van der Waals surface area contributed by atoms with E-state index in [1.54, 1.807) is 6.20 Å². The van der Waals surface area contributed by atoms with E-state index >= 15 is 0 Å². The predicted molar refractivity (Wildman–Crippen MR) is 97.6 cm³/mol. The summed E-state index contributed by atoms with van der Waals surface area (Å²) in [6.07, 6.45) is 4.59. The summed E-state index contributed by atoms with van der Waals surface area (Å²) in [5.74, 6) is 1.88. The molecular formula is C19H27N5O2. The number of pyridine rings is 1. The number of aromatic nitrogens is 3. The van der Waals surface area contributed by atoms with Gasteiger partial charge in [0.25, 0.3) is 5.91 Å². The molecule has 1 aliphatic rings. The van der Waals surface area contributed by atoms with E-state index in [4.69, 9.17) is 4.52 Å². The molecule has 0 aromatic carbocycles. The lowest BCUT2D eigenvalue weighted by molar-refractivity contribution is 0.0639. The molecular weight excluding hydrogens is 330 g/mol. The van der Waals surface area contributed by atoms with E-state index < -0.39 is 0 Å². The molecule has 0 radical (unpaired) electrons. The molecule has 1 saturated heterocycles. The van der Waals surface area contributed by atoms with E-state index in [0.29, 0.717) is 24.0 Å². The summed E-state index contributed by atoms with van der Waals surface area (Å²) >= 11 is 0. The van der Waals surface area contributed by atoms with Crippen molar-refractivity contribution >= 4 is 5.91 Å². The fourth-order valence-corrected chi connectivity index (χ4v) is 3.50. The second-order valence-corrected chi connectivity index (χ2v) is 7.08. The van der Waals surface area contributed by atoms with Gasteiger partial charge in [0.05, 0.1) is 6.54 Å². The smallest absolute Gasteiger partial charge is 0.272 e. The maximum atomic E-state index is 12.8. The van der Waals surface area contributed by atoms with Crippen molar-refractivity contribution in [2.45, 2.75) is 39.7 Å². The zero-order chi connectivity index (χ0) is 18.5. The van der Waals surface area contributed by atoms with Crippen LogP contribution in [0.25, 0.3) is 0 Å². The maximum Gasteiger partial charge on any atom is 0.272 e. The van der Waals surface area contributed by atoms with Gasteiger partial charge < -0.3 is 9.42 Å². The molecule has 1 atom stereocenters. The van der Waals surface area contributed by atoms with Crippen LogP contribution in [0.5, 0.6) is 0 Å². The Morgan fingerprint density at radius 1 is 1.46 bits per heavy atom. The minimum Gasteiger partial charge on any atom is -0.339 e. The molecule has 3 rings (SSSR count). The highest BCUT2D eigenvalue weighted by molar-refractivity contribution is 5.93. The molecule has 3 heterocycles. The summed E-state index contributed by atoms with van der Waals surface area (Å²) in [6, 6.07) is 3.80. The number of hydrogen-bond acceptors (Lipinski definition) is 6. The molecule has 1 amide bonds. The van der Waals surface area contributed by atoms with Gasteiger partial charge in [-0.2, -0.15) is 4.98 Å². The van der Waals surface area contributed by atoms with E-state index in [1.165, 1.54) is 0 Å². The fourth-order valence-electron chi connectivity index (χ4n) is 3.50. The normalized spacial score (nSPS) is 17.7. The molecule has 1 fully saturated rings. The quantitative estimate of drug-likeness (QED) is 0.790. The molecule has 0 spiro atoms. The molecule has 1 aliphatic heterocycles. The van der Waals surface area contributed by atoms with Crippen LogP contribution in [-0.4, -0.2) is 57.5 Å². The molecule has 140 valence electrons. The van der Waals surface area contributed by atoms with Crippen molar-refractivity contribution in [1.82, 2.24) is 24.9 Å². The highest BCUT2D eigenvalue weighted by atomic mass is 16.5. The van der Waals surface area contributed by atoms with Gasteiger partial charge in [0.15, 0.2) is 5.82 Å². The highest BCUT2D eigenvalue weighted by Crippen LogP contribution is 2.20. The Morgan fingerprint density at radius 3 is 3.04 bits per heavy atom. The zero-order valence-corrected chi connectivity index (χ0v) is 15.8. The fraction of sp³-hybridized carbons (Fsp3) is 0.579. The van der Waals surface area contributed by atoms with Crippen LogP contribution in [0.15, 0.2) is 22.9 Å². The van der Waals surface area contributed by atoms with Crippen LogP contribution in [0.4, 0.5) is 0 Å². The summed E-state index contributed by atoms with van der Waals surface area (Å²) in [5, 5.41) is 4.01. The van der Waals surface area contributed by atoms with Crippen LogP contribution in [0.1, 0.15) is 47.5 Å². The number of hydrogen-bond donors (Lipinski definition) is 0. The van der Waals surface area contributed by atoms with Crippen LogP contribution >= 0.6 is 0 Å². The summed E-state index contributed by atoms with van der Waals surface area (Å²) in [7, 11) is 2.06. The van der Waals surface area contributed by atoms with Gasteiger partial charge >= 0.3 is 0 Å². The van der Waals surface area contributed by atoms with Crippen LogP contribution in [0.3, 0.4) is 0 Å². The number of carbonyl (C=O) groups is 1. The topological polar surface area (TPSA) is 75.4 Å². The number of likely N-dealkylation sites (tertiary alicyclic amines) is 1. The Labute approximate surface area is 154 Å². The molecule has 0 N–H and O–H groups in total. The minimum atomic E-state index is 0.0428. The second kappa shape index (κ2) is 8.40. The Hall–Kier alpha value is -2.28. The zero-order valence-electron chi connectivity index (χ0n) is 15.8. The monoisotopic (exact) mass is 357 g/mol. The summed E-state index contributed by atoms with van der Waals surface area (Å²) in [4.78, 5) is 25.6. The third-order valence-electron chi connectivity index (χ3n) is 4.81. The first-order valence-electron chi connectivity index (χ1n) is 9.27. The van der Waals surface area contributed by atoms with Crippen LogP contribution < -0.4 is 0 Å². The van der Waals surface area contributed by atoms with Crippen molar-refractivity contribution in [2.75, 3.05) is 26.7 Å². The van der Waals surface area contributed by atoms with Gasteiger partial charge in [-0.1, -0.05) is 18.1 Å². The van der Waals surface area contributed by atoms with Gasteiger partial charge in [0.1, 0.15) is 5.69 Å². The number of piperidine rings is 1. The van der Waals surface area contributed by atoms with Gasteiger partial charge in [-0.25, -0.2) is 0 Å². The van der Waals surface area contributed by atoms with Gasteiger partial charge in [-0.3, -0.25) is 14.7 Å². The first kappa shape index (κ1) is 18.5. The lowest BCUT2D eigenvalue weighted by Gasteiger charge is -2.34. The summed E-state index contributed by atoms with van der Waals surface area (Å²) in [6.45, 7) is 7.07. The standard InChI is InChI=1S/C19H27N5O2/c1-4-17-21-16(22-26-17)13-23(3)11-15-8-6-10-24(12-15)19(25)18-14(2)7-5-9-20-18/h5,7,9,15H,4,6,8,10-13H2,1-3H3. The third kappa shape index (κ3) is 4.46. The van der Waals surface area contributed by atoms with Crippen molar-refractivity contribution < 1.29 is 9.32 Å². The maximum absolute atomic E-state index is 12.8. The average molecular weight is 357 g/mol. The van der Waals surface area contributed by atoms with Crippen molar-refractivity contribution in [1.29, 1.82) is 0 Å². The summed E-state index contributed by atoms with van der Waals surface area (Å²) in [5.41, 5.74) is 1.50. The number of aryl methyl sites for hydroxylation is 2. The predicted octanol–water partition coefficient (Wildman–Crippen LogP) is 2.32. The first-order chi connectivity index (χ1) is 12.6. The SMILES string of the molecule is CCc1nc(CN(C)CC2CCCN(C(=O)c3ncccc3C)C2)no1. The molecule has 2 aromatic heterocycles. The van der Waals surface area contributed by atoms with Gasteiger partial charge in [-0.05, 0) is 44.4 Å². The van der Waals surface area contributed by atoms with E-state index in [0.717, 1.165) is 50.3 Å². The largest absolute Gasteiger partial charge is 0.339 e. The molecule has 2 aromatic rings. The van der Waals surface area contributed by atoms with Crippen LogP contribution in [-0.2, 0) is 13.0 Å². The van der Waals surface area contributed by atoms with Gasteiger partial charge in [0.2, 0.25) is 5.89 Å². The molecule has 0 bridgehead atoms. The summed E-state index contributed by atoms with van der Waals surface area (Å²) < 4.78 is 5.17. The minimum absolute atomic E-state index is 0.0428. The first-order valence-corrected chi connectivity index (χ1v) is 9.27. The van der Waals surface area contributed by atoms with Crippen LogP contribution in [0, 0.1) is 12.8 Å². The lowest BCUT2D eigenvalue weighted by atomic mass is 9.97. The van der Waals surface area contributed by atoms with Crippen molar-refractivity contribution in [3.8, 4) is 0 Å². The second-order valence-electron chi connectivity index (χ2n) is 7.08. The van der Waals surface area contributed by atoms with Gasteiger partial charge in [0, 0.05) is 32.3 Å². The Kier molecular flexibility index (Phi) is 5.98. The Bertz CT molecular complexity index is 745. The van der Waals surface area contributed by atoms with Gasteiger partial charge in [-0.15, -0.1) is 0 Å². The number of amides is 1. The van der Waals surface area contributed by atoms with E-state index in [1.807, 2.05) is 30.9 Å². The number of rotatable bonds is 6. The lowest BCUT2D eigenvalue weighted by Crippen LogP contribution is -2.43. The molecule has 1 unspecified atom stereocenters. The van der Waals surface area contributed by atoms with Crippen molar-refractivity contribution in [3.63, 3.8) is 0 Å². The van der Waals surface area contributed by atoms with E-state index in [2.05, 4.69) is 27.1 Å². The van der Waals surface area contributed by atoms with E-state index in [9.17, 15) is 4.79 Å². The van der Waals surface area contributed by atoms with Crippen LogP contribution in [0.2, 0.25) is 0 Å². The Balaban J connectivity index is 1.56. The molecule has 26 heavy (non-hydrogen) atoms. The molecule has 0 saturated carbocycles. The van der Waals surface area contributed by atoms with Crippen molar-refractivity contribution in [3.05, 3.63) is 41.3 Å². The molecule has 7 nitrogen and oxygen atoms in total. The molecule has 0 aliphatic carbocycles.